The number of aryl methyl sites for hydroxylation is 2. The van der Waals surface area contributed by atoms with E-state index in [1.165, 1.54) is 23.3 Å². The predicted molar refractivity (Wildman–Crippen MR) is 188 cm³/mol. The topological polar surface area (TPSA) is 174 Å². The number of carbonyl (C=O) groups excluding carboxylic acids is 5. The molecule has 1 aliphatic heterocycles. The number of pyridine rings is 1. The molecule has 0 aliphatic carbocycles. The molecular formula is C37H43N7O6. The molecule has 262 valence electrons. The molecule has 5 amide bonds. The molecule has 1 aliphatic rings. The quantitative estimate of drug-likeness (QED) is 0.213. The van der Waals surface area contributed by atoms with Crippen molar-refractivity contribution in [3.05, 3.63) is 105 Å². The predicted octanol–water partition coefficient (Wildman–Crippen LogP) is 1.40. The number of fused-ring (bicyclic) bond motifs is 1. The van der Waals surface area contributed by atoms with Crippen LogP contribution in [0, 0.1) is 13.8 Å². The number of rotatable bonds is 5. The number of amides is 5. The Morgan fingerprint density at radius 3 is 2.20 bits per heavy atom. The van der Waals surface area contributed by atoms with E-state index >= 15 is 0 Å². The van der Waals surface area contributed by atoms with E-state index in [0.717, 1.165) is 22.0 Å². The third kappa shape index (κ3) is 7.77. The molecular weight excluding hydrogens is 638 g/mol. The molecule has 5 rings (SSSR count). The fourth-order valence-electron chi connectivity index (χ4n) is 6.18. The van der Waals surface area contributed by atoms with E-state index in [9.17, 15) is 28.8 Å². The average molecular weight is 682 g/mol. The van der Waals surface area contributed by atoms with Crippen molar-refractivity contribution in [3.8, 4) is 0 Å². The Kier molecular flexibility index (Phi) is 10.8. The van der Waals surface area contributed by atoms with Crippen LogP contribution in [-0.2, 0) is 39.1 Å². The third-order valence-electron chi connectivity index (χ3n) is 9.24. The number of benzene rings is 2. The highest BCUT2D eigenvalue weighted by Crippen LogP contribution is 2.20. The van der Waals surface area contributed by atoms with Gasteiger partial charge in [0.25, 0.3) is 11.5 Å². The Morgan fingerprint density at radius 2 is 1.46 bits per heavy atom. The fraction of sp³-hybridized carbons (Fsp3) is 0.351. The minimum atomic E-state index is -1.16. The summed E-state index contributed by atoms with van der Waals surface area (Å²) >= 11 is 0. The van der Waals surface area contributed by atoms with Gasteiger partial charge in [0, 0.05) is 55.8 Å². The van der Waals surface area contributed by atoms with Crippen molar-refractivity contribution in [1.29, 1.82) is 0 Å². The Morgan fingerprint density at radius 1 is 0.800 bits per heavy atom. The second-order valence-corrected chi connectivity index (χ2v) is 12.8. The van der Waals surface area contributed by atoms with E-state index in [2.05, 4.69) is 26.3 Å². The molecule has 2 aromatic carbocycles. The zero-order valence-electron chi connectivity index (χ0n) is 28.8. The lowest BCUT2D eigenvalue weighted by atomic mass is 10.0. The standard InChI is InChI=1S/C37H43N7O6/c1-21-17-22(2)43(5)36(49)31(21)37(50)44-16-15-38-34(47)29(18-25-11-7-6-8-12-25)41-32(45)23(3)40-35(48)30(42-33(46)24(44)4)19-26-20-39-28-14-10-9-13-27(26)28/h6-14,17,20,23-24,29-30,39H,15-16,18-19H2,1-5H3,(H,38,47)(H,40,48)(H,41,45)(H,42,46)/t23-,24+,29-,30+/m0/s1. The highest BCUT2D eigenvalue weighted by atomic mass is 16.2. The van der Waals surface area contributed by atoms with Gasteiger partial charge in [-0.25, -0.2) is 0 Å². The van der Waals surface area contributed by atoms with Crippen molar-refractivity contribution < 1.29 is 24.0 Å². The fourth-order valence-corrected chi connectivity index (χ4v) is 6.18. The van der Waals surface area contributed by atoms with E-state index in [0.29, 0.717) is 11.3 Å². The molecule has 0 spiro atoms. The molecule has 0 unspecified atom stereocenters. The van der Waals surface area contributed by atoms with Crippen LogP contribution in [0.4, 0.5) is 0 Å². The summed E-state index contributed by atoms with van der Waals surface area (Å²) in [5.74, 6) is -3.07. The second-order valence-electron chi connectivity index (χ2n) is 12.8. The number of H-pyrrole nitrogens is 1. The minimum absolute atomic E-state index is 0.0743. The van der Waals surface area contributed by atoms with Gasteiger partial charge in [0.05, 0.1) is 0 Å². The van der Waals surface area contributed by atoms with Crippen LogP contribution in [0.15, 0.2) is 71.7 Å². The molecule has 1 fully saturated rings. The average Bonchev–Trinajstić information content (AvgIpc) is 3.50. The van der Waals surface area contributed by atoms with Crippen molar-refractivity contribution in [1.82, 2.24) is 35.7 Å². The number of nitrogens with one attached hydrogen (secondary N) is 5. The molecule has 3 heterocycles. The van der Waals surface area contributed by atoms with E-state index in [1.54, 1.807) is 33.2 Å². The molecule has 0 bridgehead atoms. The first-order valence-electron chi connectivity index (χ1n) is 16.6. The first-order chi connectivity index (χ1) is 23.8. The van der Waals surface area contributed by atoms with Crippen LogP contribution in [0.5, 0.6) is 0 Å². The molecule has 50 heavy (non-hydrogen) atoms. The van der Waals surface area contributed by atoms with Crippen LogP contribution in [0.25, 0.3) is 10.9 Å². The Labute approximate surface area is 289 Å². The third-order valence-corrected chi connectivity index (χ3v) is 9.24. The van der Waals surface area contributed by atoms with Gasteiger partial charge in [-0.3, -0.25) is 28.8 Å². The van der Waals surface area contributed by atoms with Gasteiger partial charge in [-0.2, -0.15) is 0 Å². The zero-order chi connectivity index (χ0) is 36.1. The van der Waals surface area contributed by atoms with E-state index < -0.39 is 59.3 Å². The van der Waals surface area contributed by atoms with Gasteiger partial charge in [0.1, 0.15) is 29.7 Å². The Balaban J connectivity index is 1.52. The molecule has 5 N–H and O–H groups in total. The summed E-state index contributed by atoms with van der Waals surface area (Å²) in [5.41, 5.74) is 2.89. The summed E-state index contributed by atoms with van der Waals surface area (Å²) in [6.07, 6.45) is 2.00. The summed E-state index contributed by atoms with van der Waals surface area (Å²) in [5, 5.41) is 11.9. The van der Waals surface area contributed by atoms with Crippen molar-refractivity contribution in [2.24, 2.45) is 7.05 Å². The summed E-state index contributed by atoms with van der Waals surface area (Å²) < 4.78 is 1.36. The number of carbonyl (C=O) groups is 5. The monoisotopic (exact) mass is 681 g/mol. The summed E-state index contributed by atoms with van der Waals surface area (Å²) in [6, 6.07) is 14.0. The lowest BCUT2D eigenvalue weighted by Gasteiger charge is -2.30. The molecule has 1 saturated heterocycles. The van der Waals surface area contributed by atoms with Gasteiger partial charge in [0.2, 0.25) is 23.6 Å². The largest absolute Gasteiger partial charge is 0.361 e. The van der Waals surface area contributed by atoms with Gasteiger partial charge in [0.15, 0.2) is 0 Å². The highest BCUT2D eigenvalue weighted by molar-refractivity contribution is 6.00. The van der Waals surface area contributed by atoms with Crippen molar-refractivity contribution in [3.63, 3.8) is 0 Å². The van der Waals surface area contributed by atoms with Crippen LogP contribution in [-0.4, -0.2) is 81.2 Å². The Bertz CT molecular complexity index is 1980. The van der Waals surface area contributed by atoms with Crippen molar-refractivity contribution >= 4 is 40.4 Å². The van der Waals surface area contributed by atoms with Crippen LogP contribution in [0.3, 0.4) is 0 Å². The van der Waals surface area contributed by atoms with Crippen molar-refractivity contribution in [2.45, 2.75) is 64.7 Å². The maximum Gasteiger partial charge on any atom is 0.263 e. The maximum absolute atomic E-state index is 14.2. The maximum atomic E-state index is 14.2. The molecule has 13 heteroatoms. The number of hydrogen-bond acceptors (Lipinski definition) is 6. The first kappa shape index (κ1) is 35.6. The van der Waals surface area contributed by atoms with Crippen LogP contribution in [0.2, 0.25) is 0 Å². The molecule has 2 aromatic heterocycles. The number of hydrogen-bond donors (Lipinski definition) is 5. The molecule has 4 atom stereocenters. The number of para-hydroxylation sites is 1. The lowest BCUT2D eigenvalue weighted by Crippen LogP contribution is -2.57. The van der Waals surface area contributed by atoms with E-state index in [4.69, 9.17) is 0 Å². The SMILES string of the molecule is Cc1cc(C)n(C)c(=O)c1C(=O)N1CCNC(=O)[C@H](Cc2ccccc2)NC(=O)[C@H](C)NC(=O)[C@@H](Cc2c[nH]c3ccccc23)NC(=O)[C@H]1C. The van der Waals surface area contributed by atoms with E-state index in [1.807, 2.05) is 54.6 Å². The molecule has 0 saturated carbocycles. The van der Waals surface area contributed by atoms with Crippen molar-refractivity contribution in [2.75, 3.05) is 13.1 Å². The normalized spacial score (nSPS) is 21.0. The molecule has 0 radical (unpaired) electrons. The number of aromatic nitrogens is 2. The highest BCUT2D eigenvalue weighted by Gasteiger charge is 2.34. The first-order valence-corrected chi connectivity index (χ1v) is 16.6. The van der Waals surface area contributed by atoms with Gasteiger partial charge < -0.3 is 35.7 Å². The van der Waals surface area contributed by atoms with Gasteiger partial charge >= 0.3 is 0 Å². The van der Waals surface area contributed by atoms with E-state index in [-0.39, 0.29) is 31.5 Å². The minimum Gasteiger partial charge on any atom is -0.361 e. The van der Waals surface area contributed by atoms with Crippen LogP contribution in [0.1, 0.15) is 46.6 Å². The summed E-state index contributed by atoms with van der Waals surface area (Å²) in [6.45, 7) is 6.19. The van der Waals surface area contributed by atoms with Crippen LogP contribution >= 0.6 is 0 Å². The summed E-state index contributed by atoms with van der Waals surface area (Å²) in [4.78, 5) is 86.6. The van der Waals surface area contributed by atoms with Gasteiger partial charge in [-0.15, -0.1) is 0 Å². The second kappa shape index (κ2) is 15.2. The van der Waals surface area contributed by atoms with Gasteiger partial charge in [-0.05, 0) is 56.5 Å². The smallest absolute Gasteiger partial charge is 0.263 e. The number of aromatic amines is 1. The summed E-state index contributed by atoms with van der Waals surface area (Å²) in [7, 11) is 1.56. The molecule has 4 aromatic rings. The molecule has 13 nitrogen and oxygen atoms in total. The Hall–Kier alpha value is -5.72. The van der Waals surface area contributed by atoms with Gasteiger partial charge in [-0.1, -0.05) is 48.5 Å². The number of nitrogens with zero attached hydrogens (tertiary/aromatic N) is 2. The van der Waals surface area contributed by atoms with Crippen LogP contribution < -0.4 is 26.8 Å². The zero-order valence-corrected chi connectivity index (χ0v) is 28.8. The lowest BCUT2D eigenvalue weighted by molar-refractivity contribution is -0.133.